The van der Waals surface area contributed by atoms with Gasteiger partial charge in [-0.15, -0.1) is 0 Å². The maximum Gasteiger partial charge on any atom is 0.128 e. The third-order valence-electron chi connectivity index (χ3n) is 3.92. The van der Waals surface area contributed by atoms with E-state index in [2.05, 4.69) is 21.8 Å². The maximum atomic E-state index is 6.01. The molecule has 0 spiro atoms. The molecule has 0 bridgehead atoms. The van der Waals surface area contributed by atoms with E-state index in [9.17, 15) is 0 Å². The van der Waals surface area contributed by atoms with Gasteiger partial charge in [0.05, 0.1) is 24.9 Å². The molecule has 0 aliphatic carbocycles. The summed E-state index contributed by atoms with van der Waals surface area (Å²) in [6.45, 7) is 4.76. The van der Waals surface area contributed by atoms with Crippen LogP contribution in [0.15, 0.2) is 36.7 Å². The van der Waals surface area contributed by atoms with Crippen LogP contribution in [0.1, 0.15) is 16.8 Å². The highest BCUT2D eigenvalue weighted by Crippen LogP contribution is 2.27. The molecule has 4 heteroatoms. The Morgan fingerprint density at radius 1 is 1.24 bits per heavy atom. The minimum Gasteiger partial charge on any atom is -0.496 e. The Morgan fingerprint density at radius 2 is 2.05 bits per heavy atom. The van der Waals surface area contributed by atoms with Crippen molar-refractivity contribution >= 4 is 16.6 Å². The fraction of sp³-hybridized carbons (Fsp3) is 0.235. The lowest BCUT2D eigenvalue weighted by Crippen LogP contribution is -2.05. The van der Waals surface area contributed by atoms with Crippen LogP contribution in [0.2, 0.25) is 0 Å². The van der Waals surface area contributed by atoms with Crippen LogP contribution in [0, 0.1) is 13.8 Å². The van der Waals surface area contributed by atoms with Crippen LogP contribution < -0.4 is 10.5 Å². The van der Waals surface area contributed by atoms with E-state index in [-0.39, 0.29) is 0 Å². The lowest BCUT2D eigenvalue weighted by atomic mass is 10.1. The number of methoxy groups -OCH3 is 1. The lowest BCUT2D eigenvalue weighted by molar-refractivity contribution is 0.406. The molecule has 0 fully saturated rings. The molecule has 0 saturated carbocycles. The van der Waals surface area contributed by atoms with Crippen LogP contribution in [0.5, 0.6) is 5.75 Å². The van der Waals surface area contributed by atoms with Crippen molar-refractivity contribution in [1.29, 1.82) is 0 Å². The minimum atomic E-state index is 0.704. The Labute approximate surface area is 124 Å². The van der Waals surface area contributed by atoms with Gasteiger partial charge in [-0.2, -0.15) is 0 Å². The number of aryl methyl sites for hydroxylation is 1. The Balaban J connectivity index is 2.05. The van der Waals surface area contributed by atoms with Gasteiger partial charge in [-0.05, 0) is 32.0 Å². The Bertz CT molecular complexity index is 805. The summed E-state index contributed by atoms with van der Waals surface area (Å²) in [6, 6.07) is 8.02. The average Bonchev–Trinajstić information content (AvgIpc) is 2.87. The third kappa shape index (κ3) is 2.23. The maximum absolute atomic E-state index is 6.01. The molecule has 0 amide bonds. The van der Waals surface area contributed by atoms with Crippen LogP contribution in [-0.2, 0) is 6.54 Å². The summed E-state index contributed by atoms with van der Waals surface area (Å²) in [6.07, 6.45) is 3.91. The molecule has 108 valence electrons. The number of nitrogens with zero attached hydrogens (tertiary/aromatic N) is 2. The van der Waals surface area contributed by atoms with E-state index in [0.29, 0.717) is 6.54 Å². The Kier molecular flexibility index (Phi) is 3.29. The molecule has 2 N–H and O–H groups in total. The summed E-state index contributed by atoms with van der Waals surface area (Å²) in [5.74, 6) is 0.913. The smallest absolute Gasteiger partial charge is 0.128 e. The molecule has 0 aliphatic rings. The molecule has 3 rings (SSSR count). The van der Waals surface area contributed by atoms with Gasteiger partial charge < -0.3 is 15.0 Å². The van der Waals surface area contributed by atoms with Crippen molar-refractivity contribution in [2.24, 2.45) is 0 Å². The molecule has 0 aliphatic heterocycles. The summed E-state index contributed by atoms with van der Waals surface area (Å²) < 4.78 is 7.64. The van der Waals surface area contributed by atoms with E-state index in [1.54, 1.807) is 7.11 Å². The first-order chi connectivity index (χ1) is 10.1. The Morgan fingerprint density at radius 3 is 2.81 bits per heavy atom. The van der Waals surface area contributed by atoms with Crippen LogP contribution >= 0.6 is 0 Å². The van der Waals surface area contributed by atoms with Crippen LogP contribution in [0.4, 0.5) is 5.69 Å². The molecular formula is C17H19N3O. The summed E-state index contributed by atoms with van der Waals surface area (Å²) in [5.41, 5.74) is 11.1. The standard InChI is InChI=1S/C17H19N3O/c1-11-9-19-15(12(2)17(11)21-3)10-20-8-7-13-14(18)5-4-6-16(13)20/h4-9H,10,18H2,1-3H3. The van der Waals surface area contributed by atoms with Crippen LogP contribution in [0.25, 0.3) is 10.9 Å². The highest BCUT2D eigenvalue weighted by Gasteiger charge is 2.11. The average molecular weight is 281 g/mol. The van der Waals surface area contributed by atoms with E-state index in [4.69, 9.17) is 10.5 Å². The monoisotopic (exact) mass is 281 g/mol. The first-order valence-corrected chi connectivity index (χ1v) is 6.94. The van der Waals surface area contributed by atoms with Crippen molar-refractivity contribution in [3.63, 3.8) is 0 Å². The predicted molar refractivity (Wildman–Crippen MR) is 85.7 cm³/mol. The van der Waals surface area contributed by atoms with Crippen LogP contribution in [-0.4, -0.2) is 16.7 Å². The molecular weight excluding hydrogens is 262 g/mol. The predicted octanol–water partition coefficient (Wildman–Crippen LogP) is 3.29. The van der Waals surface area contributed by atoms with E-state index in [0.717, 1.165) is 39.2 Å². The summed E-state index contributed by atoms with van der Waals surface area (Å²) in [4.78, 5) is 4.56. The molecule has 0 radical (unpaired) electrons. The molecule has 4 nitrogen and oxygen atoms in total. The van der Waals surface area contributed by atoms with Crippen LogP contribution in [0.3, 0.4) is 0 Å². The van der Waals surface area contributed by atoms with Crippen molar-refractivity contribution in [2.75, 3.05) is 12.8 Å². The number of nitrogen functional groups attached to an aromatic ring is 1. The topological polar surface area (TPSA) is 53.1 Å². The minimum absolute atomic E-state index is 0.704. The van der Waals surface area contributed by atoms with Gasteiger partial charge >= 0.3 is 0 Å². The number of fused-ring (bicyclic) bond motifs is 1. The van der Waals surface area contributed by atoms with Crippen molar-refractivity contribution in [2.45, 2.75) is 20.4 Å². The highest BCUT2D eigenvalue weighted by molar-refractivity contribution is 5.91. The van der Waals surface area contributed by atoms with E-state index < -0.39 is 0 Å². The normalized spacial score (nSPS) is 11.0. The zero-order valence-electron chi connectivity index (χ0n) is 12.6. The summed E-state index contributed by atoms with van der Waals surface area (Å²) in [5, 5.41) is 1.08. The SMILES string of the molecule is COc1c(C)cnc(Cn2ccc3c(N)cccc32)c1C. The zero-order valence-corrected chi connectivity index (χ0v) is 12.6. The van der Waals surface area contributed by atoms with Gasteiger partial charge in [0.15, 0.2) is 0 Å². The Hall–Kier alpha value is -2.49. The van der Waals surface area contributed by atoms with E-state index in [1.807, 2.05) is 38.2 Å². The summed E-state index contributed by atoms with van der Waals surface area (Å²) in [7, 11) is 1.70. The van der Waals surface area contributed by atoms with Gasteiger partial charge in [0.1, 0.15) is 5.75 Å². The first-order valence-electron chi connectivity index (χ1n) is 6.94. The molecule has 0 unspecified atom stereocenters. The molecule has 0 saturated heterocycles. The van der Waals surface area contributed by atoms with Gasteiger partial charge in [0, 0.05) is 34.6 Å². The second-order valence-electron chi connectivity index (χ2n) is 5.27. The largest absolute Gasteiger partial charge is 0.496 e. The molecule has 21 heavy (non-hydrogen) atoms. The number of benzene rings is 1. The number of pyridine rings is 1. The van der Waals surface area contributed by atoms with Gasteiger partial charge in [-0.1, -0.05) is 6.07 Å². The first kappa shape index (κ1) is 13.5. The molecule has 2 heterocycles. The summed E-state index contributed by atoms with van der Waals surface area (Å²) >= 11 is 0. The fourth-order valence-electron chi connectivity index (χ4n) is 2.78. The van der Waals surface area contributed by atoms with Gasteiger partial charge in [0.25, 0.3) is 0 Å². The van der Waals surface area contributed by atoms with E-state index >= 15 is 0 Å². The fourth-order valence-corrected chi connectivity index (χ4v) is 2.78. The third-order valence-corrected chi connectivity index (χ3v) is 3.92. The van der Waals surface area contributed by atoms with Crippen molar-refractivity contribution in [3.05, 3.63) is 53.5 Å². The van der Waals surface area contributed by atoms with E-state index in [1.165, 1.54) is 0 Å². The van der Waals surface area contributed by atoms with Crippen molar-refractivity contribution in [1.82, 2.24) is 9.55 Å². The highest BCUT2D eigenvalue weighted by atomic mass is 16.5. The second-order valence-corrected chi connectivity index (χ2v) is 5.27. The number of aromatic nitrogens is 2. The lowest BCUT2D eigenvalue weighted by Gasteiger charge is -2.13. The number of hydrogen-bond acceptors (Lipinski definition) is 3. The molecule has 0 atom stereocenters. The quantitative estimate of drug-likeness (QED) is 0.749. The number of anilines is 1. The van der Waals surface area contributed by atoms with Gasteiger partial charge in [-0.25, -0.2) is 0 Å². The number of rotatable bonds is 3. The number of nitrogens with two attached hydrogens (primary N) is 1. The number of ether oxygens (including phenoxy) is 1. The van der Waals surface area contributed by atoms with Crippen molar-refractivity contribution in [3.8, 4) is 5.75 Å². The molecule has 1 aromatic carbocycles. The van der Waals surface area contributed by atoms with Crippen molar-refractivity contribution < 1.29 is 4.74 Å². The molecule has 3 aromatic rings. The zero-order chi connectivity index (χ0) is 15.0. The van der Waals surface area contributed by atoms with Gasteiger partial charge in [-0.3, -0.25) is 4.98 Å². The number of hydrogen-bond donors (Lipinski definition) is 1. The van der Waals surface area contributed by atoms with Gasteiger partial charge in [0.2, 0.25) is 0 Å². The molecule has 2 aromatic heterocycles. The second kappa shape index (κ2) is 5.13.